The van der Waals surface area contributed by atoms with Crippen LogP contribution in [-0.2, 0) is 14.3 Å². The molecular formula is C13H21NO3. The average Bonchev–Trinajstić information content (AvgIpc) is 2.82. The summed E-state index contributed by atoms with van der Waals surface area (Å²) in [5.74, 6) is -0.408. The van der Waals surface area contributed by atoms with Crippen LogP contribution in [0.15, 0.2) is 0 Å². The van der Waals surface area contributed by atoms with Gasteiger partial charge in [-0.2, -0.15) is 5.26 Å². The molecule has 1 rings (SSSR count). The number of nitrogens with zero attached hydrogens (tertiary/aromatic N) is 1. The fourth-order valence-corrected chi connectivity index (χ4v) is 2.05. The SMILES string of the molecule is CCOC(=O)C(C)(C#N)CCCC1CCCO1. The quantitative estimate of drug-likeness (QED) is 0.668. The van der Waals surface area contributed by atoms with Crippen molar-refractivity contribution in [2.24, 2.45) is 5.41 Å². The van der Waals surface area contributed by atoms with Crippen molar-refractivity contribution in [3.05, 3.63) is 0 Å². The third-order valence-corrected chi connectivity index (χ3v) is 3.20. The highest BCUT2D eigenvalue weighted by atomic mass is 16.5. The summed E-state index contributed by atoms with van der Waals surface area (Å²) >= 11 is 0. The van der Waals surface area contributed by atoms with Gasteiger partial charge in [-0.1, -0.05) is 0 Å². The van der Waals surface area contributed by atoms with Gasteiger partial charge in [-0.05, 0) is 46.0 Å². The van der Waals surface area contributed by atoms with Crippen LogP contribution in [0, 0.1) is 16.7 Å². The fourth-order valence-electron chi connectivity index (χ4n) is 2.05. The molecule has 0 saturated carbocycles. The normalized spacial score (nSPS) is 22.8. The maximum Gasteiger partial charge on any atom is 0.326 e. The van der Waals surface area contributed by atoms with Gasteiger partial charge in [0.15, 0.2) is 5.41 Å². The molecule has 0 aromatic heterocycles. The van der Waals surface area contributed by atoms with Crippen LogP contribution in [0.2, 0.25) is 0 Å². The van der Waals surface area contributed by atoms with E-state index in [1.165, 1.54) is 0 Å². The molecule has 0 aliphatic carbocycles. The zero-order chi connectivity index (χ0) is 12.7. The van der Waals surface area contributed by atoms with Gasteiger partial charge >= 0.3 is 5.97 Å². The summed E-state index contributed by atoms with van der Waals surface area (Å²) < 4.78 is 10.4. The van der Waals surface area contributed by atoms with Crippen LogP contribution in [-0.4, -0.2) is 25.3 Å². The Kier molecular flexibility index (Phi) is 5.43. The van der Waals surface area contributed by atoms with E-state index in [4.69, 9.17) is 14.7 Å². The van der Waals surface area contributed by atoms with Gasteiger partial charge in [-0.3, -0.25) is 4.79 Å². The van der Waals surface area contributed by atoms with Gasteiger partial charge in [-0.25, -0.2) is 0 Å². The number of carbonyl (C=O) groups is 1. The van der Waals surface area contributed by atoms with Gasteiger partial charge in [0.1, 0.15) is 0 Å². The van der Waals surface area contributed by atoms with Gasteiger partial charge < -0.3 is 9.47 Å². The number of nitriles is 1. The molecule has 1 heterocycles. The Morgan fingerprint density at radius 3 is 2.94 bits per heavy atom. The molecule has 1 saturated heterocycles. The number of esters is 1. The molecule has 0 N–H and O–H groups in total. The molecule has 17 heavy (non-hydrogen) atoms. The summed E-state index contributed by atoms with van der Waals surface area (Å²) in [6.07, 6.45) is 4.84. The number of hydrogen-bond acceptors (Lipinski definition) is 4. The van der Waals surface area contributed by atoms with E-state index in [1.807, 2.05) is 0 Å². The van der Waals surface area contributed by atoms with Gasteiger partial charge in [0.2, 0.25) is 0 Å². The lowest BCUT2D eigenvalue weighted by Crippen LogP contribution is -2.28. The molecule has 0 amide bonds. The molecule has 2 atom stereocenters. The van der Waals surface area contributed by atoms with Crippen molar-refractivity contribution < 1.29 is 14.3 Å². The molecule has 1 aliphatic heterocycles. The Morgan fingerprint density at radius 1 is 1.65 bits per heavy atom. The molecule has 0 spiro atoms. The monoisotopic (exact) mass is 239 g/mol. The van der Waals surface area contributed by atoms with Crippen LogP contribution in [0.3, 0.4) is 0 Å². The van der Waals surface area contributed by atoms with Crippen molar-refractivity contribution in [1.82, 2.24) is 0 Å². The summed E-state index contributed by atoms with van der Waals surface area (Å²) in [5.41, 5.74) is -1.01. The minimum absolute atomic E-state index is 0.320. The van der Waals surface area contributed by atoms with E-state index >= 15 is 0 Å². The van der Waals surface area contributed by atoms with Crippen molar-refractivity contribution in [3.63, 3.8) is 0 Å². The van der Waals surface area contributed by atoms with E-state index in [2.05, 4.69) is 6.07 Å². The van der Waals surface area contributed by atoms with Gasteiger partial charge in [0.05, 0.1) is 18.8 Å². The standard InChI is InChI=1S/C13H21NO3/c1-3-16-12(15)13(2,10-14)8-4-6-11-7-5-9-17-11/h11H,3-9H2,1-2H3. The second-order valence-electron chi connectivity index (χ2n) is 4.69. The molecule has 1 fully saturated rings. The van der Waals surface area contributed by atoms with E-state index in [0.717, 1.165) is 32.3 Å². The van der Waals surface area contributed by atoms with Crippen molar-refractivity contribution in [1.29, 1.82) is 5.26 Å². The molecule has 0 bridgehead atoms. The Bertz CT molecular complexity index is 292. The summed E-state index contributed by atoms with van der Waals surface area (Å²) in [7, 11) is 0. The van der Waals surface area contributed by atoms with Crippen LogP contribution in [0.4, 0.5) is 0 Å². The molecule has 0 aromatic carbocycles. The Morgan fingerprint density at radius 2 is 2.41 bits per heavy atom. The fraction of sp³-hybridized carbons (Fsp3) is 0.846. The first kappa shape index (κ1) is 14.0. The molecule has 0 aromatic rings. The summed E-state index contributed by atoms with van der Waals surface area (Å²) in [4.78, 5) is 11.6. The Balaban J connectivity index is 2.35. The third-order valence-electron chi connectivity index (χ3n) is 3.20. The van der Waals surface area contributed by atoms with E-state index in [9.17, 15) is 4.79 Å². The van der Waals surface area contributed by atoms with Crippen LogP contribution < -0.4 is 0 Å². The van der Waals surface area contributed by atoms with Crippen LogP contribution in [0.25, 0.3) is 0 Å². The Hall–Kier alpha value is -1.08. The highest BCUT2D eigenvalue weighted by Gasteiger charge is 2.34. The highest BCUT2D eigenvalue weighted by molar-refractivity contribution is 5.79. The molecule has 96 valence electrons. The van der Waals surface area contributed by atoms with Crippen LogP contribution >= 0.6 is 0 Å². The van der Waals surface area contributed by atoms with Gasteiger partial charge in [0, 0.05) is 6.61 Å². The van der Waals surface area contributed by atoms with Crippen molar-refractivity contribution in [2.75, 3.05) is 13.2 Å². The summed E-state index contributed by atoms with van der Waals surface area (Å²) in [5, 5.41) is 9.09. The summed E-state index contributed by atoms with van der Waals surface area (Å²) in [6.45, 7) is 4.57. The lowest BCUT2D eigenvalue weighted by Gasteiger charge is -2.19. The Labute approximate surface area is 103 Å². The molecule has 4 nitrogen and oxygen atoms in total. The predicted octanol–water partition coefficient (Wildman–Crippen LogP) is 2.43. The van der Waals surface area contributed by atoms with E-state index in [0.29, 0.717) is 19.1 Å². The van der Waals surface area contributed by atoms with E-state index in [-0.39, 0.29) is 0 Å². The minimum Gasteiger partial charge on any atom is -0.465 e. The minimum atomic E-state index is -1.01. The number of ether oxygens (including phenoxy) is 2. The topological polar surface area (TPSA) is 59.3 Å². The molecular weight excluding hydrogens is 218 g/mol. The predicted molar refractivity (Wildman–Crippen MR) is 63.2 cm³/mol. The van der Waals surface area contributed by atoms with Crippen molar-refractivity contribution >= 4 is 5.97 Å². The average molecular weight is 239 g/mol. The lowest BCUT2D eigenvalue weighted by atomic mass is 9.86. The van der Waals surface area contributed by atoms with Crippen LogP contribution in [0.1, 0.15) is 46.0 Å². The first-order valence-electron chi connectivity index (χ1n) is 6.32. The zero-order valence-electron chi connectivity index (χ0n) is 10.7. The first-order valence-corrected chi connectivity index (χ1v) is 6.32. The van der Waals surface area contributed by atoms with Crippen LogP contribution in [0.5, 0.6) is 0 Å². The second-order valence-corrected chi connectivity index (χ2v) is 4.69. The maximum atomic E-state index is 11.6. The molecule has 1 aliphatic rings. The van der Waals surface area contributed by atoms with Gasteiger partial charge in [0.25, 0.3) is 0 Å². The van der Waals surface area contributed by atoms with E-state index < -0.39 is 11.4 Å². The number of hydrogen-bond donors (Lipinski definition) is 0. The second kappa shape index (κ2) is 6.61. The van der Waals surface area contributed by atoms with Gasteiger partial charge in [-0.15, -0.1) is 0 Å². The molecule has 0 radical (unpaired) electrons. The highest BCUT2D eigenvalue weighted by Crippen LogP contribution is 2.27. The van der Waals surface area contributed by atoms with E-state index in [1.54, 1.807) is 13.8 Å². The lowest BCUT2D eigenvalue weighted by molar-refractivity contribution is -0.151. The molecule has 4 heteroatoms. The maximum absolute atomic E-state index is 11.6. The number of carbonyl (C=O) groups excluding carboxylic acids is 1. The smallest absolute Gasteiger partial charge is 0.326 e. The first-order chi connectivity index (χ1) is 8.12. The molecule has 2 unspecified atom stereocenters. The van der Waals surface area contributed by atoms with Crippen molar-refractivity contribution in [2.45, 2.75) is 52.1 Å². The third kappa shape index (κ3) is 4.01. The van der Waals surface area contributed by atoms with Crippen molar-refractivity contribution in [3.8, 4) is 6.07 Å². The largest absolute Gasteiger partial charge is 0.465 e. The number of rotatable bonds is 6. The summed E-state index contributed by atoms with van der Waals surface area (Å²) in [6, 6.07) is 2.07. The zero-order valence-corrected chi connectivity index (χ0v) is 10.7.